The van der Waals surface area contributed by atoms with Gasteiger partial charge in [0.15, 0.2) is 0 Å². The van der Waals surface area contributed by atoms with Crippen LogP contribution in [0.2, 0.25) is 0 Å². The predicted molar refractivity (Wildman–Crippen MR) is 111 cm³/mol. The highest BCUT2D eigenvalue weighted by atomic mass is 35.5. The Morgan fingerprint density at radius 2 is 1.78 bits per heavy atom. The smallest absolute Gasteiger partial charge is 0.255 e. The Bertz CT molecular complexity index is 660. The molecule has 2 aliphatic carbocycles. The Morgan fingerprint density at radius 3 is 2.44 bits per heavy atom. The lowest BCUT2D eigenvalue weighted by Crippen LogP contribution is -2.57. The van der Waals surface area contributed by atoms with E-state index in [2.05, 4.69) is 5.32 Å². The van der Waals surface area contributed by atoms with Gasteiger partial charge >= 0.3 is 0 Å². The minimum atomic E-state index is -0.371. The van der Waals surface area contributed by atoms with Gasteiger partial charge in [0.1, 0.15) is 6.04 Å². The maximum Gasteiger partial charge on any atom is 0.255 e. The molecule has 148 valence electrons. The summed E-state index contributed by atoms with van der Waals surface area (Å²) in [5, 5.41) is 3.32. The van der Waals surface area contributed by atoms with E-state index >= 15 is 0 Å². The molecule has 0 spiro atoms. The highest BCUT2D eigenvalue weighted by Crippen LogP contribution is 2.40. The summed E-state index contributed by atoms with van der Waals surface area (Å²) in [6.07, 6.45) is 5.57. The van der Waals surface area contributed by atoms with Crippen molar-refractivity contribution in [2.24, 2.45) is 17.6 Å². The Balaban J connectivity index is 0.00000210. The molecule has 3 unspecified atom stereocenters. The van der Waals surface area contributed by atoms with Gasteiger partial charge in [0, 0.05) is 23.4 Å². The Labute approximate surface area is 171 Å². The summed E-state index contributed by atoms with van der Waals surface area (Å²) in [5.41, 5.74) is 6.84. The quantitative estimate of drug-likeness (QED) is 0.804. The number of hydrogen-bond donors (Lipinski definition) is 2. The summed E-state index contributed by atoms with van der Waals surface area (Å²) < 4.78 is 0. The minimum Gasteiger partial charge on any atom is -0.351 e. The highest BCUT2D eigenvalue weighted by Gasteiger charge is 2.42. The lowest BCUT2D eigenvalue weighted by Gasteiger charge is -2.45. The number of fused-ring (bicyclic) bond motifs is 2. The zero-order chi connectivity index (χ0) is 18.1. The van der Waals surface area contributed by atoms with Crippen LogP contribution in [0.3, 0.4) is 0 Å². The summed E-state index contributed by atoms with van der Waals surface area (Å²) in [6, 6.07) is 9.37. The number of carbonyl (C=O) groups excluding carboxylic acids is 2. The number of amides is 2. The van der Waals surface area contributed by atoms with Gasteiger partial charge in [-0.2, -0.15) is 0 Å². The second-order valence-electron chi connectivity index (χ2n) is 7.87. The van der Waals surface area contributed by atoms with Gasteiger partial charge in [-0.25, -0.2) is 0 Å². The van der Waals surface area contributed by atoms with Gasteiger partial charge < -0.3 is 16.0 Å². The molecule has 1 aliphatic heterocycles. The Hall–Kier alpha value is -1.24. The molecule has 2 amide bonds. The first-order chi connectivity index (χ1) is 12.6. The fraction of sp³-hybridized carbons (Fsp3) is 0.600. The molecule has 0 radical (unpaired) electrons. The van der Waals surface area contributed by atoms with Crippen LogP contribution in [-0.2, 0) is 4.79 Å². The molecule has 2 saturated carbocycles. The van der Waals surface area contributed by atoms with Crippen molar-refractivity contribution in [3.8, 4) is 0 Å². The molecule has 0 aromatic heterocycles. The van der Waals surface area contributed by atoms with Crippen molar-refractivity contribution in [2.45, 2.75) is 50.2 Å². The molecule has 3 N–H and O–H groups in total. The SMILES string of the molecule is Cl.NC1CC2CCCC(C1)C2NC(=O)C1CSCN1C(=O)c1ccccc1. The number of rotatable bonds is 3. The van der Waals surface area contributed by atoms with E-state index in [1.807, 2.05) is 30.3 Å². The number of nitrogens with two attached hydrogens (primary N) is 1. The molecule has 2 bridgehead atoms. The van der Waals surface area contributed by atoms with Crippen molar-refractivity contribution in [3.63, 3.8) is 0 Å². The van der Waals surface area contributed by atoms with Crippen molar-refractivity contribution in [1.82, 2.24) is 10.2 Å². The largest absolute Gasteiger partial charge is 0.351 e. The van der Waals surface area contributed by atoms with Crippen LogP contribution >= 0.6 is 24.2 Å². The van der Waals surface area contributed by atoms with Crippen LogP contribution < -0.4 is 11.1 Å². The molecule has 1 aromatic carbocycles. The summed E-state index contributed by atoms with van der Waals surface area (Å²) in [5.74, 6) is 2.20. The normalized spacial score (nSPS) is 32.5. The first-order valence-corrected chi connectivity index (χ1v) is 10.8. The molecule has 7 heteroatoms. The van der Waals surface area contributed by atoms with Gasteiger partial charge in [0.2, 0.25) is 5.91 Å². The monoisotopic (exact) mass is 409 g/mol. The predicted octanol–water partition coefficient (Wildman–Crippen LogP) is 2.65. The van der Waals surface area contributed by atoms with E-state index in [0.29, 0.717) is 29.0 Å². The van der Waals surface area contributed by atoms with Crippen LogP contribution in [0.25, 0.3) is 0 Å². The number of nitrogens with zero attached hydrogens (tertiary/aromatic N) is 1. The lowest BCUT2D eigenvalue weighted by atomic mass is 9.67. The third-order valence-corrected chi connectivity index (χ3v) is 7.16. The maximum absolute atomic E-state index is 13.0. The zero-order valence-electron chi connectivity index (χ0n) is 15.4. The standard InChI is InChI=1S/C20H27N3O2S.ClH/c21-16-9-14-7-4-8-15(10-16)18(14)22-19(24)17-11-26-12-23(17)20(25)13-5-2-1-3-6-13;/h1-3,5-6,14-18H,4,7-12,21H2,(H,22,24);1H. The van der Waals surface area contributed by atoms with E-state index < -0.39 is 0 Å². The number of benzene rings is 1. The number of hydrogen-bond acceptors (Lipinski definition) is 4. The van der Waals surface area contributed by atoms with Gasteiger partial charge in [0.05, 0.1) is 5.88 Å². The van der Waals surface area contributed by atoms with Crippen molar-refractivity contribution in [1.29, 1.82) is 0 Å². The minimum absolute atomic E-state index is 0. The molecular formula is C20H28ClN3O2S. The van der Waals surface area contributed by atoms with E-state index in [9.17, 15) is 9.59 Å². The third-order valence-electron chi connectivity index (χ3n) is 6.15. The average molecular weight is 410 g/mol. The second-order valence-corrected chi connectivity index (χ2v) is 8.87. The summed E-state index contributed by atoms with van der Waals surface area (Å²) in [6.45, 7) is 0. The number of halogens is 1. The van der Waals surface area contributed by atoms with Crippen LogP contribution in [-0.4, -0.2) is 46.5 Å². The molecule has 3 aliphatic rings. The molecule has 1 heterocycles. The molecule has 1 saturated heterocycles. The topological polar surface area (TPSA) is 75.4 Å². The van der Waals surface area contributed by atoms with Gasteiger partial charge in [-0.05, 0) is 49.7 Å². The molecule has 27 heavy (non-hydrogen) atoms. The molecule has 3 fully saturated rings. The van der Waals surface area contributed by atoms with E-state index in [-0.39, 0.29) is 42.3 Å². The molecule has 5 nitrogen and oxygen atoms in total. The van der Waals surface area contributed by atoms with Crippen molar-refractivity contribution in [3.05, 3.63) is 35.9 Å². The fourth-order valence-corrected chi connectivity index (χ4v) is 6.05. The highest BCUT2D eigenvalue weighted by molar-refractivity contribution is 7.99. The lowest BCUT2D eigenvalue weighted by molar-refractivity contribution is -0.126. The van der Waals surface area contributed by atoms with Crippen LogP contribution in [0, 0.1) is 11.8 Å². The molecular weight excluding hydrogens is 382 g/mol. The number of carbonyl (C=O) groups is 2. The Morgan fingerprint density at radius 1 is 1.11 bits per heavy atom. The summed E-state index contributed by atoms with van der Waals surface area (Å²) >= 11 is 1.65. The van der Waals surface area contributed by atoms with Crippen molar-refractivity contribution < 1.29 is 9.59 Å². The van der Waals surface area contributed by atoms with E-state index in [1.54, 1.807) is 16.7 Å². The molecule has 3 atom stereocenters. The number of thioether (sulfide) groups is 1. The van der Waals surface area contributed by atoms with Crippen LogP contribution in [0.15, 0.2) is 30.3 Å². The average Bonchev–Trinajstić information content (AvgIpc) is 3.12. The number of nitrogens with one attached hydrogen (secondary N) is 1. The Kier molecular flexibility index (Phi) is 6.71. The van der Waals surface area contributed by atoms with E-state index in [0.717, 1.165) is 25.7 Å². The fourth-order valence-electron chi connectivity index (χ4n) is 4.89. The van der Waals surface area contributed by atoms with Crippen molar-refractivity contribution in [2.75, 3.05) is 11.6 Å². The van der Waals surface area contributed by atoms with E-state index in [4.69, 9.17) is 5.73 Å². The van der Waals surface area contributed by atoms with Crippen LogP contribution in [0.5, 0.6) is 0 Å². The second kappa shape index (κ2) is 8.84. The van der Waals surface area contributed by atoms with Crippen molar-refractivity contribution >= 4 is 36.0 Å². The van der Waals surface area contributed by atoms with Gasteiger partial charge in [-0.15, -0.1) is 24.2 Å². The van der Waals surface area contributed by atoms with Gasteiger partial charge in [-0.1, -0.05) is 24.6 Å². The van der Waals surface area contributed by atoms with Crippen LogP contribution in [0.1, 0.15) is 42.5 Å². The summed E-state index contributed by atoms with van der Waals surface area (Å²) in [4.78, 5) is 27.6. The van der Waals surface area contributed by atoms with Gasteiger partial charge in [0.25, 0.3) is 5.91 Å². The first-order valence-electron chi connectivity index (χ1n) is 9.63. The zero-order valence-corrected chi connectivity index (χ0v) is 17.0. The van der Waals surface area contributed by atoms with E-state index in [1.165, 1.54) is 6.42 Å². The van der Waals surface area contributed by atoms with Crippen LogP contribution in [0.4, 0.5) is 0 Å². The molecule has 4 rings (SSSR count). The maximum atomic E-state index is 13.0. The third kappa shape index (κ3) is 4.28. The molecule has 1 aromatic rings. The van der Waals surface area contributed by atoms with Gasteiger partial charge in [-0.3, -0.25) is 9.59 Å². The first kappa shape index (κ1) is 20.5. The summed E-state index contributed by atoms with van der Waals surface area (Å²) in [7, 11) is 0.